The van der Waals surface area contributed by atoms with Gasteiger partial charge in [0.2, 0.25) is 0 Å². The van der Waals surface area contributed by atoms with E-state index in [4.69, 9.17) is 5.73 Å². The van der Waals surface area contributed by atoms with Crippen LogP contribution in [0.2, 0.25) is 0 Å². The molecule has 2 aromatic carbocycles. The summed E-state index contributed by atoms with van der Waals surface area (Å²) in [4.78, 5) is 12.0. The lowest BCUT2D eigenvalue weighted by molar-refractivity contribution is 0.0993. The first kappa shape index (κ1) is 13.2. The van der Waals surface area contributed by atoms with E-state index in [0.29, 0.717) is 16.8 Å². The summed E-state index contributed by atoms with van der Waals surface area (Å²) in [6, 6.07) is 8.03. The molecule has 2 nitrogen and oxygen atoms in total. The zero-order valence-electron chi connectivity index (χ0n) is 10.4. The topological polar surface area (TPSA) is 43.1 Å². The minimum Gasteiger partial charge on any atom is -0.399 e. The van der Waals surface area contributed by atoms with Gasteiger partial charge in [-0.1, -0.05) is 0 Å². The van der Waals surface area contributed by atoms with Crippen molar-refractivity contribution in [2.45, 2.75) is 13.3 Å². The van der Waals surface area contributed by atoms with Crippen molar-refractivity contribution in [3.63, 3.8) is 0 Å². The molecule has 0 fully saturated rings. The monoisotopic (exact) mass is 261 g/mol. The first-order chi connectivity index (χ1) is 8.95. The normalized spacial score (nSPS) is 10.5. The van der Waals surface area contributed by atoms with Crippen molar-refractivity contribution in [2.75, 3.05) is 5.73 Å². The first-order valence-electron chi connectivity index (χ1n) is 5.80. The lowest BCUT2D eigenvalue weighted by Crippen LogP contribution is -2.05. The lowest BCUT2D eigenvalue weighted by atomic mass is 10.0. The van der Waals surface area contributed by atoms with Gasteiger partial charge < -0.3 is 5.73 Å². The van der Waals surface area contributed by atoms with Crippen LogP contribution in [0.5, 0.6) is 0 Å². The highest BCUT2D eigenvalue weighted by Crippen LogP contribution is 2.16. The van der Waals surface area contributed by atoms with E-state index in [2.05, 4.69) is 0 Å². The van der Waals surface area contributed by atoms with E-state index >= 15 is 0 Å². The number of hydrogen-bond donors (Lipinski definition) is 1. The van der Waals surface area contributed by atoms with Crippen LogP contribution in [-0.2, 0) is 6.42 Å². The maximum absolute atomic E-state index is 13.0. The fraction of sp³-hybridized carbons (Fsp3) is 0.133. The van der Waals surface area contributed by atoms with Gasteiger partial charge in [-0.2, -0.15) is 0 Å². The molecule has 0 spiro atoms. The summed E-state index contributed by atoms with van der Waals surface area (Å²) in [6.07, 6.45) is -0.0436. The van der Waals surface area contributed by atoms with Gasteiger partial charge in [0.15, 0.2) is 5.78 Å². The van der Waals surface area contributed by atoms with E-state index in [-0.39, 0.29) is 12.2 Å². The Morgan fingerprint density at radius 3 is 2.32 bits per heavy atom. The molecule has 2 N–H and O–H groups in total. The number of nitrogens with two attached hydrogens (primary N) is 1. The van der Waals surface area contributed by atoms with Crippen molar-refractivity contribution in [3.05, 3.63) is 64.7 Å². The Bertz CT molecular complexity index is 618. The van der Waals surface area contributed by atoms with Crippen molar-refractivity contribution >= 4 is 11.5 Å². The summed E-state index contributed by atoms with van der Waals surface area (Å²) < 4.78 is 26.1. The quantitative estimate of drug-likeness (QED) is 0.680. The van der Waals surface area contributed by atoms with E-state index in [1.165, 1.54) is 0 Å². The van der Waals surface area contributed by atoms with Gasteiger partial charge >= 0.3 is 0 Å². The molecule has 0 heterocycles. The molecule has 0 amide bonds. The fourth-order valence-electron chi connectivity index (χ4n) is 1.85. The predicted molar refractivity (Wildman–Crippen MR) is 70.0 cm³/mol. The number of benzene rings is 2. The molecule has 0 aliphatic carbocycles. The Hall–Kier alpha value is -2.23. The lowest BCUT2D eigenvalue weighted by Gasteiger charge is -2.05. The highest BCUT2D eigenvalue weighted by Gasteiger charge is 2.10. The molecule has 0 unspecified atom stereocenters. The summed E-state index contributed by atoms with van der Waals surface area (Å²) in [7, 11) is 0. The Morgan fingerprint density at radius 1 is 1.11 bits per heavy atom. The number of anilines is 1. The number of carbonyl (C=O) groups excluding carboxylic acids is 1. The number of hydrogen-bond acceptors (Lipinski definition) is 2. The molecule has 98 valence electrons. The van der Waals surface area contributed by atoms with E-state index in [1.54, 1.807) is 25.1 Å². The van der Waals surface area contributed by atoms with Gasteiger partial charge in [-0.05, 0) is 48.4 Å². The maximum atomic E-state index is 13.0. The maximum Gasteiger partial charge on any atom is 0.167 e. The average molecular weight is 261 g/mol. The van der Waals surface area contributed by atoms with Gasteiger partial charge in [-0.25, -0.2) is 8.78 Å². The molecule has 0 aromatic heterocycles. The third-order valence-electron chi connectivity index (χ3n) is 2.88. The van der Waals surface area contributed by atoms with Crippen molar-refractivity contribution in [3.8, 4) is 0 Å². The van der Waals surface area contributed by atoms with E-state index < -0.39 is 11.6 Å². The van der Waals surface area contributed by atoms with Crippen LogP contribution >= 0.6 is 0 Å². The van der Waals surface area contributed by atoms with Crippen molar-refractivity contribution < 1.29 is 13.6 Å². The fourth-order valence-corrected chi connectivity index (χ4v) is 1.85. The molecule has 0 radical (unpaired) electrons. The Labute approximate surface area is 109 Å². The molecule has 4 heteroatoms. The number of Topliss-reactive ketones (excluding diaryl/α,β-unsaturated/α-hetero) is 1. The summed E-state index contributed by atoms with van der Waals surface area (Å²) in [5.41, 5.74) is 7.88. The van der Waals surface area contributed by atoms with Crippen LogP contribution < -0.4 is 5.73 Å². The van der Waals surface area contributed by atoms with Crippen LogP contribution in [0.15, 0.2) is 36.4 Å². The second-order valence-electron chi connectivity index (χ2n) is 4.45. The van der Waals surface area contributed by atoms with Crippen LogP contribution in [-0.4, -0.2) is 5.78 Å². The van der Waals surface area contributed by atoms with Gasteiger partial charge in [-0.15, -0.1) is 0 Å². The van der Waals surface area contributed by atoms with E-state index in [9.17, 15) is 13.6 Å². The standard InChI is InChI=1S/C15H13F2NO/c1-9-4-11(2-3-14(9)18)15(19)7-10-5-12(16)8-13(17)6-10/h2-6,8H,7,18H2,1H3. The van der Waals surface area contributed by atoms with Crippen molar-refractivity contribution in [2.24, 2.45) is 0 Å². The minimum absolute atomic E-state index is 0.0436. The van der Waals surface area contributed by atoms with Crippen LogP contribution in [0.25, 0.3) is 0 Å². The zero-order valence-corrected chi connectivity index (χ0v) is 10.4. The number of carbonyl (C=O) groups is 1. The summed E-state index contributed by atoms with van der Waals surface area (Å²) in [5.74, 6) is -1.57. The van der Waals surface area contributed by atoms with Gasteiger partial charge in [-0.3, -0.25) is 4.79 Å². The number of ketones is 1. The number of aryl methyl sites for hydroxylation is 1. The average Bonchev–Trinajstić information content (AvgIpc) is 2.31. The van der Waals surface area contributed by atoms with Gasteiger partial charge in [0.25, 0.3) is 0 Å². The SMILES string of the molecule is Cc1cc(C(=O)Cc2cc(F)cc(F)c2)ccc1N. The molecule has 19 heavy (non-hydrogen) atoms. The largest absolute Gasteiger partial charge is 0.399 e. The van der Waals surface area contributed by atoms with Gasteiger partial charge in [0.05, 0.1) is 0 Å². The highest BCUT2D eigenvalue weighted by atomic mass is 19.1. The van der Waals surface area contributed by atoms with Crippen LogP contribution in [0.3, 0.4) is 0 Å². The second-order valence-corrected chi connectivity index (χ2v) is 4.45. The van der Waals surface area contributed by atoms with Crippen LogP contribution in [0.4, 0.5) is 14.5 Å². The number of nitrogen functional groups attached to an aromatic ring is 1. The molecule has 0 aliphatic heterocycles. The Morgan fingerprint density at radius 2 is 1.74 bits per heavy atom. The molecule has 2 aromatic rings. The van der Waals surface area contributed by atoms with E-state index in [0.717, 1.165) is 23.8 Å². The Kier molecular flexibility index (Phi) is 3.60. The zero-order chi connectivity index (χ0) is 14.0. The van der Waals surface area contributed by atoms with Crippen LogP contribution in [0, 0.1) is 18.6 Å². The van der Waals surface area contributed by atoms with Crippen LogP contribution in [0.1, 0.15) is 21.5 Å². The molecule has 0 atom stereocenters. The van der Waals surface area contributed by atoms with E-state index in [1.807, 2.05) is 0 Å². The molecular formula is C15H13F2NO. The summed E-state index contributed by atoms with van der Waals surface area (Å²) in [6.45, 7) is 1.80. The highest BCUT2D eigenvalue weighted by molar-refractivity contribution is 5.98. The van der Waals surface area contributed by atoms with Crippen molar-refractivity contribution in [1.29, 1.82) is 0 Å². The third kappa shape index (κ3) is 3.16. The molecule has 0 saturated carbocycles. The van der Waals surface area contributed by atoms with Gasteiger partial charge in [0.1, 0.15) is 11.6 Å². The molecular weight excluding hydrogens is 248 g/mol. The number of halogens is 2. The molecule has 2 rings (SSSR count). The van der Waals surface area contributed by atoms with Crippen molar-refractivity contribution in [1.82, 2.24) is 0 Å². The second kappa shape index (κ2) is 5.18. The number of rotatable bonds is 3. The first-order valence-corrected chi connectivity index (χ1v) is 5.80. The predicted octanol–water partition coefficient (Wildman–Crippen LogP) is 3.28. The minimum atomic E-state index is -0.684. The Balaban J connectivity index is 2.22. The van der Waals surface area contributed by atoms with Gasteiger partial charge in [0, 0.05) is 23.7 Å². The summed E-state index contributed by atoms with van der Waals surface area (Å²) >= 11 is 0. The molecule has 0 aliphatic rings. The molecule has 0 bridgehead atoms. The third-order valence-corrected chi connectivity index (χ3v) is 2.88. The summed E-state index contributed by atoms with van der Waals surface area (Å²) in [5, 5.41) is 0. The smallest absolute Gasteiger partial charge is 0.167 e. The molecule has 0 saturated heterocycles.